The van der Waals surface area contributed by atoms with E-state index >= 15 is 0 Å². The second-order valence-corrected chi connectivity index (χ2v) is 4.59. The molecule has 15 heavy (non-hydrogen) atoms. The zero-order chi connectivity index (χ0) is 11.2. The molecule has 0 aromatic rings. The van der Waals surface area contributed by atoms with Gasteiger partial charge in [0.15, 0.2) is 5.79 Å². The molecule has 2 fully saturated rings. The van der Waals surface area contributed by atoms with E-state index in [0.29, 0.717) is 6.42 Å². The number of methoxy groups -OCH3 is 1. The molecular weight excluding hydrogens is 198 g/mol. The summed E-state index contributed by atoms with van der Waals surface area (Å²) in [5.74, 6) is -1.21. The van der Waals surface area contributed by atoms with Gasteiger partial charge < -0.3 is 19.9 Å². The maximum Gasteiger partial charge on any atom is 0.311 e. The van der Waals surface area contributed by atoms with Crippen LogP contribution in [0.25, 0.3) is 0 Å². The molecule has 2 N–H and O–H groups in total. The average Bonchev–Trinajstić information content (AvgIpc) is 2.61. The molecule has 0 aromatic carbocycles. The predicted octanol–water partition coefficient (Wildman–Crippen LogP) is 0.0267. The van der Waals surface area contributed by atoms with Gasteiger partial charge in [-0.25, -0.2) is 0 Å². The van der Waals surface area contributed by atoms with Gasteiger partial charge in [0, 0.05) is 6.04 Å². The molecular formula is C10H17NO4. The van der Waals surface area contributed by atoms with Crippen LogP contribution in [0, 0.1) is 5.92 Å². The summed E-state index contributed by atoms with van der Waals surface area (Å²) in [5, 5.41) is 0. The van der Waals surface area contributed by atoms with Crippen LogP contribution in [0.1, 0.15) is 20.3 Å². The van der Waals surface area contributed by atoms with Crippen molar-refractivity contribution in [3.63, 3.8) is 0 Å². The van der Waals surface area contributed by atoms with Crippen molar-refractivity contribution in [2.45, 2.75) is 44.3 Å². The van der Waals surface area contributed by atoms with Gasteiger partial charge in [0.2, 0.25) is 0 Å². The van der Waals surface area contributed by atoms with Gasteiger partial charge in [-0.05, 0) is 20.3 Å². The van der Waals surface area contributed by atoms with Crippen molar-refractivity contribution in [3.05, 3.63) is 0 Å². The number of carbonyl (C=O) groups excluding carboxylic acids is 1. The molecule has 0 bridgehead atoms. The zero-order valence-electron chi connectivity index (χ0n) is 9.23. The molecule has 0 spiro atoms. The Hall–Kier alpha value is -0.650. The first-order chi connectivity index (χ1) is 6.94. The maximum atomic E-state index is 11.5. The second-order valence-electron chi connectivity index (χ2n) is 4.59. The lowest BCUT2D eigenvalue weighted by Gasteiger charge is -2.21. The standard InChI is InChI=1S/C10H17NO4/c1-10(2)14-7-5(9(12)13-3)4-6(11)8(7)15-10/h5-8H,4,11H2,1-3H3. The molecule has 2 rings (SSSR count). The van der Waals surface area contributed by atoms with Crippen molar-refractivity contribution in [2.75, 3.05) is 7.11 Å². The topological polar surface area (TPSA) is 70.8 Å². The van der Waals surface area contributed by atoms with Crippen LogP contribution >= 0.6 is 0 Å². The van der Waals surface area contributed by atoms with Crippen LogP contribution < -0.4 is 5.73 Å². The molecule has 86 valence electrons. The summed E-state index contributed by atoms with van der Waals surface area (Å²) in [7, 11) is 1.38. The number of carbonyl (C=O) groups is 1. The molecule has 0 aromatic heterocycles. The molecule has 4 atom stereocenters. The SMILES string of the molecule is COC(=O)C1CC(N)C2OC(C)(C)OC12. The lowest BCUT2D eigenvalue weighted by Crippen LogP contribution is -2.35. The number of rotatable bonds is 1. The van der Waals surface area contributed by atoms with E-state index in [0.717, 1.165) is 0 Å². The Kier molecular flexibility index (Phi) is 2.48. The molecule has 1 aliphatic carbocycles. The third-order valence-corrected chi connectivity index (χ3v) is 3.01. The minimum atomic E-state index is -0.653. The summed E-state index contributed by atoms with van der Waals surface area (Å²) in [5.41, 5.74) is 5.91. The summed E-state index contributed by atoms with van der Waals surface area (Å²) in [6.45, 7) is 3.65. The van der Waals surface area contributed by atoms with Gasteiger partial charge in [-0.15, -0.1) is 0 Å². The highest BCUT2D eigenvalue weighted by molar-refractivity contribution is 5.73. The van der Waals surface area contributed by atoms with E-state index in [1.54, 1.807) is 0 Å². The van der Waals surface area contributed by atoms with Crippen molar-refractivity contribution < 1.29 is 19.0 Å². The molecule has 4 unspecified atom stereocenters. The fraction of sp³-hybridized carbons (Fsp3) is 0.900. The van der Waals surface area contributed by atoms with Crippen LogP contribution in [0.15, 0.2) is 0 Å². The average molecular weight is 215 g/mol. The molecule has 1 heterocycles. The first-order valence-electron chi connectivity index (χ1n) is 5.13. The largest absolute Gasteiger partial charge is 0.469 e. The van der Waals surface area contributed by atoms with E-state index in [1.165, 1.54) is 7.11 Å². The highest BCUT2D eigenvalue weighted by Gasteiger charge is 2.55. The summed E-state index contributed by atoms with van der Waals surface area (Å²) in [6, 6.07) is -0.152. The van der Waals surface area contributed by atoms with Crippen LogP contribution in [-0.2, 0) is 19.0 Å². The Balaban J connectivity index is 2.16. The minimum absolute atomic E-state index is 0.152. The fourth-order valence-electron chi connectivity index (χ4n) is 2.40. The highest BCUT2D eigenvalue weighted by Crippen LogP contribution is 2.41. The van der Waals surface area contributed by atoms with E-state index in [9.17, 15) is 4.79 Å². The van der Waals surface area contributed by atoms with E-state index in [-0.39, 0.29) is 30.1 Å². The minimum Gasteiger partial charge on any atom is -0.469 e. The first-order valence-corrected chi connectivity index (χ1v) is 5.13. The third-order valence-electron chi connectivity index (χ3n) is 3.01. The zero-order valence-corrected chi connectivity index (χ0v) is 9.23. The van der Waals surface area contributed by atoms with Gasteiger partial charge in [0.25, 0.3) is 0 Å². The second kappa shape index (κ2) is 3.43. The van der Waals surface area contributed by atoms with Crippen LogP contribution in [0.2, 0.25) is 0 Å². The summed E-state index contributed by atoms with van der Waals surface area (Å²) < 4.78 is 16.1. The van der Waals surface area contributed by atoms with E-state index < -0.39 is 5.79 Å². The number of ether oxygens (including phenoxy) is 3. The number of hydrogen-bond acceptors (Lipinski definition) is 5. The van der Waals surface area contributed by atoms with Crippen LogP contribution in [0.5, 0.6) is 0 Å². The molecule has 1 saturated carbocycles. The smallest absolute Gasteiger partial charge is 0.311 e. The van der Waals surface area contributed by atoms with Crippen molar-refractivity contribution in [1.29, 1.82) is 0 Å². The summed E-state index contributed by atoms with van der Waals surface area (Å²) >= 11 is 0. The van der Waals surface area contributed by atoms with Crippen molar-refractivity contribution in [3.8, 4) is 0 Å². The fourth-order valence-corrected chi connectivity index (χ4v) is 2.40. The number of esters is 1. The van der Waals surface area contributed by atoms with Gasteiger partial charge in [-0.1, -0.05) is 0 Å². The maximum absolute atomic E-state index is 11.5. The summed E-state index contributed by atoms with van der Waals surface area (Å²) in [6.07, 6.45) is 0.115. The van der Waals surface area contributed by atoms with Crippen molar-refractivity contribution in [2.24, 2.45) is 11.7 Å². The molecule has 2 aliphatic rings. The third kappa shape index (κ3) is 1.75. The Morgan fingerprint density at radius 1 is 1.40 bits per heavy atom. The van der Waals surface area contributed by atoms with E-state index in [4.69, 9.17) is 19.9 Å². The van der Waals surface area contributed by atoms with Crippen molar-refractivity contribution >= 4 is 5.97 Å². The van der Waals surface area contributed by atoms with Gasteiger partial charge in [-0.2, -0.15) is 0 Å². The molecule has 1 aliphatic heterocycles. The van der Waals surface area contributed by atoms with E-state index in [2.05, 4.69) is 0 Å². The van der Waals surface area contributed by atoms with Gasteiger partial charge in [-0.3, -0.25) is 4.79 Å². The van der Waals surface area contributed by atoms with Gasteiger partial charge in [0.1, 0.15) is 12.2 Å². The Labute approximate surface area is 88.9 Å². The Morgan fingerprint density at radius 2 is 2.00 bits per heavy atom. The van der Waals surface area contributed by atoms with Crippen LogP contribution in [-0.4, -0.2) is 37.1 Å². The van der Waals surface area contributed by atoms with Gasteiger partial charge >= 0.3 is 5.97 Å². The number of fused-ring (bicyclic) bond motifs is 1. The molecule has 5 heteroatoms. The lowest BCUT2D eigenvalue weighted by atomic mass is 10.1. The first kappa shape index (κ1) is 10.9. The Morgan fingerprint density at radius 3 is 2.60 bits per heavy atom. The van der Waals surface area contributed by atoms with Crippen LogP contribution in [0.3, 0.4) is 0 Å². The normalized spacial score (nSPS) is 42.7. The lowest BCUT2D eigenvalue weighted by molar-refractivity contribution is -0.167. The molecule has 1 saturated heterocycles. The number of nitrogens with two attached hydrogens (primary N) is 1. The van der Waals surface area contributed by atoms with Crippen LogP contribution in [0.4, 0.5) is 0 Å². The molecule has 5 nitrogen and oxygen atoms in total. The quantitative estimate of drug-likeness (QED) is 0.625. The molecule has 0 radical (unpaired) electrons. The Bertz CT molecular complexity index is 279. The summed E-state index contributed by atoms with van der Waals surface area (Å²) in [4.78, 5) is 11.5. The van der Waals surface area contributed by atoms with Gasteiger partial charge in [0.05, 0.1) is 13.0 Å². The van der Waals surface area contributed by atoms with Crippen molar-refractivity contribution in [1.82, 2.24) is 0 Å². The monoisotopic (exact) mass is 215 g/mol. The predicted molar refractivity (Wildman–Crippen MR) is 51.9 cm³/mol. The highest BCUT2D eigenvalue weighted by atomic mass is 16.8. The number of hydrogen-bond donors (Lipinski definition) is 1. The van der Waals surface area contributed by atoms with E-state index in [1.807, 2.05) is 13.8 Å². The molecule has 0 amide bonds.